The van der Waals surface area contributed by atoms with E-state index in [-0.39, 0.29) is 10.8 Å². The molecule has 1 aliphatic rings. The molecular weight excluding hydrogens is 300 g/mol. The van der Waals surface area contributed by atoms with Crippen LogP contribution in [0.2, 0.25) is 18.1 Å². The third-order valence-electron chi connectivity index (χ3n) is 5.02. The van der Waals surface area contributed by atoms with Gasteiger partial charge in [-0.3, -0.25) is 4.79 Å². The van der Waals surface area contributed by atoms with E-state index in [2.05, 4.69) is 39.9 Å². The van der Waals surface area contributed by atoms with Crippen LogP contribution in [0.25, 0.3) is 0 Å². The van der Waals surface area contributed by atoms with Crippen LogP contribution >= 0.6 is 0 Å². The molecule has 1 aromatic rings. The molecule has 0 aliphatic carbocycles. The third kappa shape index (κ3) is 3.66. The Morgan fingerprint density at radius 3 is 2.17 bits per heavy atom. The minimum Gasteiger partial charge on any atom is -0.480 e. The Kier molecular flexibility index (Phi) is 4.46. The second kappa shape index (κ2) is 5.79. The maximum Gasteiger partial charge on any atom is 0.227 e. The Balaban J connectivity index is 2.47. The minimum absolute atomic E-state index is 0.0389. The van der Waals surface area contributed by atoms with Gasteiger partial charge in [-0.15, -0.1) is 0 Å². The normalized spacial score (nSPS) is 17.9. The lowest BCUT2D eigenvalue weighted by Gasteiger charge is -2.41. The molecule has 1 aliphatic heterocycles. The summed E-state index contributed by atoms with van der Waals surface area (Å²) < 4.78 is 5.99. The second-order valence-corrected chi connectivity index (χ2v) is 13.7. The van der Waals surface area contributed by atoms with Gasteiger partial charge in [0.1, 0.15) is 5.60 Å². The van der Waals surface area contributed by atoms with E-state index >= 15 is 0 Å². The van der Waals surface area contributed by atoms with Gasteiger partial charge in [0.15, 0.2) is 5.76 Å². The van der Waals surface area contributed by atoms with Crippen LogP contribution in [-0.4, -0.2) is 19.5 Å². The first kappa shape index (κ1) is 17.7. The van der Waals surface area contributed by atoms with Gasteiger partial charge in [0, 0.05) is 5.56 Å². The molecule has 0 unspecified atom stereocenters. The number of rotatable bonds is 3. The van der Waals surface area contributed by atoms with E-state index in [9.17, 15) is 4.79 Å². The number of allylic oxidation sites excluding steroid dienone is 3. The Morgan fingerprint density at radius 1 is 1.09 bits per heavy atom. The van der Waals surface area contributed by atoms with Crippen molar-refractivity contribution in [1.82, 2.24) is 0 Å². The smallest absolute Gasteiger partial charge is 0.227 e. The number of ketones is 1. The first-order valence-electron chi connectivity index (χ1n) is 8.18. The van der Waals surface area contributed by atoms with E-state index in [1.165, 1.54) is 5.20 Å². The summed E-state index contributed by atoms with van der Waals surface area (Å²) in [4.78, 5) is 12.8. The van der Waals surface area contributed by atoms with Crippen molar-refractivity contribution in [2.75, 3.05) is 0 Å². The maximum absolute atomic E-state index is 12.8. The van der Waals surface area contributed by atoms with Crippen LogP contribution in [0, 0.1) is 0 Å². The lowest BCUT2D eigenvalue weighted by Crippen LogP contribution is -2.42. The molecule has 2 rings (SSSR count). The van der Waals surface area contributed by atoms with Gasteiger partial charge in [0.2, 0.25) is 5.78 Å². The van der Waals surface area contributed by atoms with Crippen LogP contribution in [0.15, 0.2) is 53.4 Å². The van der Waals surface area contributed by atoms with E-state index in [1.54, 1.807) is 0 Å². The average molecular weight is 329 g/mol. The summed E-state index contributed by atoms with van der Waals surface area (Å²) in [5.74, 6) is 0.423. The highest BCUT2D eigenvalue weighted by Gasteiger charge is 2.41. The topological polar surface area (TPSA) is 26.3 Å². The fourth-order valence-electron chi connectivity index (χ4n) is 2.54. The zero-order valence-electron chi connectivity index (χ0n) is 15.4. The molecule has 0 saturated heterocycles. The van der Waals surface area contributed by atoms with E-state index in [0.29, 0.717) is 11.3 Å². The van der Waals surface area contributed by atoms with Gasteiger partial charge in [-0.1, -0.05) is 69.4 Å². The van der Waals surface area contributed by atoms with Crippen molar-refractivity contribution in [3.05, 3.63) is 59.0 Å². The second-order valence-electron chi connectivity index (χ2n) is 8.38. The van der Waals surface area contributed by atoms with E-state index < -0.39 is 13.7 Å². The van der Waals surface area contributed by atoms with Crippen molar-refractivity contribution in [3.63, 3.8) is 0 Å². The Hall–Kier alpha value is -1.61. The molecule has 23 heavy (non-hydrogen) atoms. The molecule has 0 aromatic heterocycles. The quantitative estimate of drug-likeness (QED) is 0.538. The summed E-state index contributed by atoms with van der Waals surface area (Å²) in [6, 6.07) is 9.35. The van der Waals surface area contributed by atoms with Crippen LogP contribution in [-0.2, 0) is 4.74 Å². The lowest BCUT2D eigenvalue weighted by atomic mass is 10.0. The molecule has 0 saturated carbocycles. The highest BCUT2D eigenvalue weighted by atomic mass is 28.3. The van der Waals surface area contributed by atoms with Crippen LogP contribution in [0.3, 0.4) is 0 Å². The number of ether oxygens (including phenoxy) is 1. The molecule has 1 heterocycles. The summed E-state index contributed by atoms with van der Waals surface area (Å²) >= 11 is 0. The standard InChI is InChI=1S/C20H28O2Si/c1-19(2,3)23(6,7)16-13-17(22-20(4,5)14-16)18(21)15-11-9-8-10-12-15/h8-14H,1-7H3. The summed E-state index contributed by atoms with van der Waals surface area (Å²) in [6.45, 7) is 15.6. The van der Waals surface area contributed by atoms with Crippen molar-refractivity contribution in [3.8, 4) is 0 Å². The lowest BCUT2D eigenvalue weighted by molar-refractivity contribution is 0.0576. The first-order valence-corrected chi connectivity index (χ1v) is 11.2. The molecule has 0 N–H and O–H groups in total. The Bertz CT molecular complexity index is 659. The van der Waals surface area contributed by atoms with Gasteiger partial charge in [-0.2, -0.15) is 0 Å². The van der Waals surface area contributed by atoms with E-state index in [0.717, 1.165) is 0 Å². The number of carbonyl (C=O) groups is 1. The fraction of sp³-hybridized carbons (Fsp3) is 0.450. The van der Waals surface area contributed by atoms with Gasteiger partial charge in [-0.25, -0.2) is 0 Å². The highest BCUT2D eigenvalue weighted by Crippen LogP contribution is 2.43. The van der Waals surface area contributed by atoms with Crippen molar-refractivity contribution in [1.29, 1.82) is 0 Å². The zero-order chi connectivity index (χ0) is 17.5. The predicted octanol–water partition coefficient (Wildman–Crippen LogP) is 5.54. The van der Waals surface area contributed by atoms with Crippen molar-refractivity contribution in [2.24, 2.45) is 0 Å². The summed E-state index contributed by atoms with van der Waals surface area (Å²) in [5.41, 5.74) is 0.213. The number of hydrogen-bond donors (Lipinski definition) is 0. The fourth-order valence-corrected chi connectivity index (χ4v) is 4.60. The maximum atomic E-state index is 12.8. The average Bonchev–Trinajstić information content (AvgIpc) is 2.44. The van der Waals surface area contributed by atoms with E-state index in [1.807, 2.05) is 50.3 Å². The zero-order valence-corrected chi connectivity index (χ0v) is 16.4. The summed E-state index contributed by atoms with van der Waals surface area (Å²) in [7, 11) is -1.73. The van der Waals surface area contributed by atoms with Crippen molar-refractivity contribution < 1.29 is 9.53 Å². The highest BCUT2D eigenvalue weighted by molar-refractivity contribution is 6.87. The molecule has 1 aromatic carbocycles. The number of carbonyl (C=O) groups excluding carboxylic acids is 1. The minimum atomic E-state index is -1.73. The van der Waals surface area contributed by atoms with Crippen molar-refractivity contribution in [2.45, 2.75) is 58.4 Å². The Labute approximate surface area is 141 Å². The molecule has 2 nitrogen and oxygen atoms in total. The molecular formula is C20H28O2Si. The van der Waals surface area contributed by atoms with Crippen LogP contribution in [0.4, 0.5) is 0 Å². The summed E-state index contributed by atoms with van der Waals surface area (Å²) in [5, 5.41) is 1.50. The molecule has 0 atom stereocenters. The molecule has 0 spiro atoms. The van der Waals surface area contributed by atoms with Gasteiger partial charge in [0.25, 0.3) is 0 Å². The molecule has 124 valence electrons. The third-order valence-corrected chi connectivity index (χ3v) is 10.5. The monoisotopic (exact) mass is 328 g/mol. The number of hydrogen-bond acceptors (Lipinski definition) is 2. The SMILES string of the molecule is CC1(C)C=C([Si](C)(C)C(C)(C)C)C=C(C(=O)c2ccccc2)O1. The van der Waals surface area contributed by atoms with Crippen molar-refractivity contribution >= 4 is 13.9 Å². The van der Waals surface area contributed by atoms with Crippen LogP contribution < -0.4 is 0 Å². The first-order chi connectivity index (χ1) is 10.4. The molecule has 0 fully saturated rings. The van der Waals surface area contributed by atoms with Gasteiger partial charge >= 0.3 is 0 Å². The molecule has 0 amide bonds. The molecule has 0 radical (unpaired) electrons. The van der Waals surface area contributed by atoms with E-state index in [4.69, 9.17) is 4.74 Å². The summed E-state index contributed by atoms with van der Waals surface area (Å²) in [6.07, 6.45) is 4.18. The largest absolute Gasteiger partial charge is 0.480 e. The molecule has 0 bridgehead atoms. The van der Waals surface area contributed by atoms with Crippen LogP contribution in [0.1, 0.15) is 45.0 Å². The van der Waals surface area contributed by atoms with Gasteiger partial charge in [-0.05, 0) is 31.0 Å². The van der Waals surface area contributed by atoms with Gasteiger partial charge in [0.05, 0.1) is 8.07 Å². The van der Waals surface area contributed by atoms with Gasteiger partial charge < -0.3 is 4.74 Å². The number of benzene rings is 1. The molecule has 3 heteroatoms. The predicted molar refractivity (Wildman–Crippen MR) is 99.3 cm³/mol. The Morgan fingerprint density at radius 2 is 1.65 bits per heavy atom. The van der Waals surface area contributed by atoms with Crippen LogP contribution in [0.5, 0.6) is 0 Å². The number of Topliss-reactive ketones (excluding diaryl/α,β-unsaturated/α-hetero) is 1.